The van der Waals surface area contributed by atoms with E-state index in [2.05, 4.69) is 4.99 Å². The van der Waals surface area contributed by atoms with Gasteiger partial charge >= 0.3 is 0 Å². The second kappa shape index (κ2) is 4.53. The van der Waals surface area contributed by atoms with Gasteiger partial charge in [-0.25, -0.2) is 9.79 Å². The highest BCUT2D eigenvalue weighted by atomic mass is 32.2. The Labute approximate surface area is 65.1 Å². The van der Waals surface area contributed by atoms with Crippen LogP contribution in [0.25, 0.3) is 0 Å². The van der Waals surface area contributed by atoms with Gasteiger partial charge in [-0.2, -0.15) is 11.8 Å². The van der Waals surface area contributed by atoms with Crippen LogP contribution in [0.5, 0.6) is 0 Å². The standard InChI is InChI=1S/C7H11NOS/c9-6-8-4-7-2-1-3-10-5-7/h7H,1-5H2. The molecule has 1 rings (SSSR count). The van der Waals surface area contributed by atoms with Gasteiger partial charge in [-0.1, -0.05) is 0 Å². The molecule has 10 heavy (non-hydrogen) atoms. The van der Waals surface area contributed by atoms with Crippen LogP contribution in [0.3, 0.4) is 0 Å². The first kappa shape index (κ1) is 7.83. The average Bonchev–Trinajstić information content (AvgIpc) is 2.03. The van der Waals surface area contributed by atoms with E-state index in [-0.39, 0.29) is 0 Å². The van der Waals surface area contributed by atoms with E-state index in [4.69, 9.17) is 0 Å². The summed E-state index contributed by atoms with van der Waals surface area (Å²) < 4.78 is 0. The first-order valence-corrected chi connectivity index (χ1v) is 4.70. The fourth-order valence-electron chi connectivity index (χ4n) is 1.12. The van der Waals surface area contributed by atoms with E-state index in [0.717, 1.165) is 0 Å². The summed E-state index contributed by atoms with van der Waals surface area (Å²) in [7, 11) is 0. The van der Waals surface area contributed by atoms with Gasteiger partial charge in [-0.3, -0.25) is 0 Å². The van der Waals surface area contributed by atoms with Crippen molar-refractivity contribution in [3.05, 3.63) is 0 Å². The van der Waals surface area contributed by atoms with Crippen LogP contribution in [0.2, 0.25) is 0 Å². The van der Waals surface area contributed by atoms with Crippen LogP contribution in [0.15, 0.2) is 4.99 Å². The van der Waals surface area contributed by atoms with E-state index in [1.54, 1.807) is 6.08 Å². The lowest BCUT2D eigenvalue weighted by Crippen LogP contribution is -2.13. The Bertz CT molecular complexity index is 137. The minimum Gasteiger partial charge on any atom is -0.211 e. The quantitative estimate of drug-likeness (QED) is 0.448. The van der Waals surface area contributed by atoms with Gasteiger partial charge in [-0.15, -0.1) is 0 Å². The molecular weight excluding hydrogens is 146 g/mol. The molecular formula is C7H11NOS. The number of carbonyl (C=O) groups excluding carboxylic acids is 1. The molecule has 0 aromatic rings. The van der Waals surface area contributed by atoms with Crippen LogP contribution in [-0.2, 0) is 4.79 Å². The van der Waals surface area contributed by atoms with Gasteiger partial charge in [0.15, 0.2) is 0 Å². The zero-order chi connectivity index (χ0) is 7.23. The first-order chi connectivity index (χ1) is 4.93. The molecule has 0 aliphatic carbocycles. The maximum Gasteiger partial charge on any atom is 0.234 e. The van der Waals surface area contributed by atoms with E-state index in [1.807, 2.05) is 11.8 Å². The number of hydrogen-bond donors (Lipinski definition) is 0. The van der Waals surface area contributed by atoms with Gasteiger partial charge in [-0.05, 0) is 30.3 Å². The minimum absolute atomic E-state index is 0.639. The van der Waals surface area contributed by atoms with E-state index < -0.39 is 0 Å². The van der Waals surface area contributed by atoms with Crippen molar-refractivity contribution in [2.75, 3.05) is 18.1 Å². The smallest absolute Gasteiger partial charge is 0.211 e. The topological polar surface area (TPSA) is 29.4 Å². The van der Waals surface area contributed by atoms with E-state index >= 15 is 0 Å². The fraction of sp³-hybridized carbons (Fsp3) is 0.857. The van der Waals surface area contributed by atoms with E-state index in [0.29, 0.717) is 12.5 Å². The molecule has 1 saturated heterocycles. The Morgan fingerprint density at radius 1 is 1.70 bits per heavy atom. The molecule has 0 amide bonds. The summed E-state index contributed by atoms with van der Waals surface area (Å²) >= 11 is 1.96. The summed E-state index contributed by atoms with van der Waals surface area (Å²) in [5, 5.41) is 0. The molecule has 1 fully saturated rings. The highest BCUT2D eigenvalue weighted by molar-refractivity contribution is 7.99. The molecule has 0 N–H and O–H groups in total. The monoisotopic (exact) mass is 157 g/mol. The van der Waals surface area contributed by atoms with Crippen molar-refractivity contribution in [2.45, 2.75) is 12.8 Å². The van der Waals surface area contributed by atoms with Gasteiger partial charge in [0.2, 0.25) is 6.08 Å². The lowest BCUT2D eigenvalue weighted by molar-refractivity contribution is 0.525. The summed E-state index contributed by atoms with van der Waals surface area (Å²) in [5.41, 5.74) is 0. The lowest BCUT2D eigenvalue weighted by Gasteiger charge is -2.17. The van der Waals surface area contributed by atoms with Crippen molar-refractivity contribution in [2.24, 2.45) is 10.9 Å². The number of hydrogen-bond acceptors (Lipinski definition) is 3. The second-order valence-corrected chi connectivity index (χ2v) is 3.66. The van der Waals surface area contributed by atoms with Crippen molar-refractivity contribution >= 4 is 17.8 Å². The molecule has 1 aliphatic rings. The van der Waals surface area contributed by atoms with Crippen molar-refractivity contribution in [1.82, 2.24) is 0 Å². The van der Waals surface area contributed by atoms with Crippen LogP contribution in [-0.4, -0.2) is 24.1 Å². The third-order valence-corrected chi connectivity index (χ3v) is 2.95. The highest BCUT2D eigenvalue weighted by Gasteiger charge is 2.12. The normalized spacial score (nSPS) is 25.4. The lowest BCUT2D eigenvalue weighted by atomic mass is 10.1. The molecule has 3 heteroatoms. The summed E-state index contributed by atoms with van der Waals surface area (Å²) in [6, 6.07) is 0. The van der Waals surface area contributed by atoms with Crippen LogP contribution in [0.1, 0.15) is 12.8 Å². The van der Waals surface area contributed by atoms with Crippen LogP contribution in [0, 0.1) is 5.92 Å². The summed E-state index contributed by atoms with van der Waals surface area (Å²) in [6.45, 7) is 0.691. The number of rotatable bonds is 2. The molecule has 0 aromatic heterocycles. The van der Waals surface area contributed by atoms with Gasteiger partial charge in [0.05, 0.1) is 6.54 Å². The molecule has 2 nitrogen and oxygen atoms in total. The molecule has 1 heterocycles. The van der Waals surface area contributed by atoms with Gasteiger partial charge in [0, 0.05) is 0 Å². The van der Waals surface area contributed by atoms with Crippen molar-refractivity contribution in [3.8, 4) is 0 Å². The summed E-state index contributed by atoms with van der Waals surface area (Å²) in [4.78, 5) is 13.3. The van der Waals surface area contributed by atoms with Crippen molar-refractivity contribution in [1.29, 1.82) is 0 Å². The maximum absolute atomic E-state index is 9.75. The molecule has 0 radical (unpaired) electrons. The SMILES string of the molecule is O=C=NCC1CCCSC1. The number of isocyanates is 1. The maximum atomic E-state index is 9.75. The zero-order valence-electron chi connectivity index (χ0n) is 5.88. The van der Waals surface area contributed by atoms with Gasteiger partial charge in [0.25, 0.3) is 0 Å². The molecule has 1 aliphatic heterocycles. The predicted molar refractivity (Wildman–Crippen MR) is 43.0 cm³/mol. The molecule has 0 spiro atoms. The van der Waals surface area contributed by atoms with Gasteiger partial charge in [0.1, 0.15) is 0 Å². The van der Waals surface area contributed by atoms with Crippen molar-refractivity contribution < 1.29 is 4.79 Å². The Morgan fingerprint density at radius 3 is 3.20 bits per heavy atom. The third-order valence-electron chi connectivity index (χ3n) is 1.67. The average molecular weight is 157 g/mol. The molecule has 1 atom stereocenters. The third kappa shape index (κ3) is 2.54. The number of thioether (sulfide) groups is 1. The second-order valence-electron chi connectivity index (χ2n) is 2.52. The largest absolute Gasteiger partial charge is 0.234 e. The minimum atomic E-state index is 0.639. The first-order valence-electron chi connectivity index (χ1n) is 3.55. The van der Waals surface area contributed by atoms with Crippen LogP contribution < -0.4 is 0 Å². The highest BCUT2D eigenvalue weighted by Crippen LogP contribution is 2.22. The molecule has 0 aromatic carbocycles. The molecule has 1 unspecified atom stereocenters. The van der Waals surface area contributed by atoms with Crippen LogP contribution in [0.4, 0.5) is 0 Å². The van der Waals surface area contributed by atoms with Crippen LogP contribution >= 0.6 is 11.8 Å². The van der Waals surface area contributed by atoms with Gasteiger partial charge < -0.3 is 0 Å². The van der Waals surface area contributed by atoms with E-state index in [1.165, 1.54) is 24.3 Å². The number of nitrogens with zero attached hydrogens (tertiary/aromatic N) is 1. The fourth-order valence-corrected chi connectivity index (χ4v) is 2.26. The Balaban J connectivity index is 2.19. The Hall–Kier alpha value is -0.270. The van der Waals surface area contributed by atoms with Crippen molar-refractivity contribution in [3.63, 3.8) is 0 Å². The predicted octanol–water partition coefficient (Wildman–Crippen LogP) is 1.47. The Kier molecular flexibility index (Phi) is 3.55. The Morgan fingerprint density at radius 2 is 2.60 bits per heavy atom. The molecule has 56 valence electrons. The number of aliphatic imine (C=N–C) groups is 1. The molecule has 0 saturated carbocycles. The molecule has 0 bridgehead atoms. The summed E-state index contributed by atoms with van der Waals surface area (Å²) in [6.07, 6.45) is 4.10. The zero-order valence-corrected chi connectivity index (χ0v) is 6.69. The summed E-state index contributed by atoms with van der Waals surface area (Å²) in [5.74, 6) is 3.09. The van der Waals surface area contributed by atoms with E-state index in [9.17, 15) is 4.79 Å².